The molecule has 1 aliphatic heterocycles. The van der Waals surface area contributed by atoms with Crippen molar-refractivity contribution < 1.29 is 14.3 Å². The Morgan fingerprint density at radius 2 is 1.75 bits per heavy atom. The number of anilines is 1. The molecule has 0 spiro atoms. The normalized spacial score (nSPS) is 14.0. The van der Waals surface area contributed by atoms with Crippen molar-refractivity contribution in [1.29, 1.82) is 0 Å². The van der Waals surface area contributed by atoms with Crippen molar-refractivity contribution >= 4 is 28.7 Å². The van der Waals surface area contributed by atoms with Crippen molar-refractivity contribution in [1.82, 2.24) is 23.6 Å². The van der Waals surface area contributed by atoms with E-state index >= 15 is 0 Å². The molecule has 32 heavy (non-hydrogen) atoms. The van der Waals surface area contributed by atoms with Gasteiger partial charge in [0, 0.05) is 32.9 Å². The van der Waals surface area contributed by atoms with Crippen LogP contribution in [-0.4, -0.2) is 61.7 Å². The molecule has 2 amide bonds. The number of aryl methyl sites for hydroxylation is 1. The summed E-state index contributed by atoms with van der Waals surface area (Å²) in [5.74, 6) is -0.301. The predicted octanol–water partition coefficient (Wildman–Crippen LogP) is -0.526. The monoisotopic (exact) mass is 440 g/mol. The highest BCUT2D eigenvalue weighted by Gasteiger charge is 2.18. The first-order chi connectivity index (χ1) is 15.3. The number of carbonyl (C=O) groups excluding carboxylic acids is 2. The molecule has 11 heteroatoms. The zero-order valence-electron chi connectivity index (χ0n) is 17.9. The topological polar surface area (TPSA) is 120 Å². The molecule has 0 atom stereocenters. The van der Waals surface area contributed by atoms with Crippen LogP contribution in [-0.2, 0) is 41.4 Å². The zero-order chi connectivity index (χ0) is 22.8. The number of morpholine rings is 1. The van der Waals surface area contributed by atoms with Gasteiger partial charge in [0.2, 0.25) is 11.8 Å². The van der Waals surface area contributed by atoms with Gasteiger partial charge in [-0.05, 0) is 17.7 Å². The molecule has 1 aliphatic rings. The van der Waals surface area contributed by atoms with Crippen molar-refractivity contribution in [3.8, 4) is 0 Å². The van der Waals surface area contributed by atoms with Crippen LogP contribution in [0.5, 0.6) is 0 Å². The van der Waals surface area contributed by atoms with E-state index in [9.17, 15) is 19.2 Å². The second-order valence-electron chi connectivity index (χ2n) is 7.67. The summed E-state index contributed by atoms with van der Waals surface area (Å²) in [5, 5.41) is 2.77. The average Bonchev–Trinajstić information content (AvgIpc) is 3.21. The van der Waals surface area contributed by atoms with Gasteiger partial charge in [0.15, 0.2) is 11.2 Å². The zero-order valence-corrected chi connectivity index (χ0v) is 17.9. The summed E-state index contributed by atoms with van der Waals surface area (Å²) in [7, 11) is 2.90. The Kier molecular flexibility index (Phi) is 5.91. The van der Waals surface area contributed by atoms with Crippen molar-refractivity contribution in [2.45, 2.75) is 13.0 Å². The number of hydrogen-bond donors (Lipinski definition) is 1. The molecular formula is C21H24N6O5. The minimum absolute atomic E-state index is 0.0491. The molecule has 0 bridgehead atoms. The number of nitrogens with one attached hydrogen (secondary N) is 1. The minimum Gasteiger partial charge on any atom is -0.378 e. The van der Waals surface area contributed by atoms with Gasteiger partial charge < -0.3 is 19.5 Å². The smallest absolute Gasteiger partial charge is 0.332 e. The highest BCUT2D eigenvalue weighted by molar-refractivity contribution is 5.91. The van der Waals surface area contributed by atoms with E-state index in [1.807, 2.05) is 0 Å². The molecule has 11 nitrogen and oxygen atoms in total. The molecule has 1 fully saturated rings. The van der Waals surface area contributed by atoms with Gasteiger partial charge in [0.1, 0.15) is 6.54 Å². The third kappa shape index (κ3) is 4.19. The van der Waals surface area contributed by atoms with E-state index < -0.39 is 11.2 Å². The Bertz CT molecular complexity index is 1280. The van der Waals surface area contributed by atoms with E-state index in [0.29, 0.717) is 32.0 Å². The number of fused-ring (bicyclic) bond motifs is 1. The summed E-state index contributed by atoms with van der Waals surface area (Å²) in [4.78, 5) is 55.3. The molecule has 0 unspecified atom stereocenters. The van der Waals surface area contributed by atoms with E-state index in [2.05, 4.69) is 10.3 Å². The van der Waals surface area contributed by atoms with Crippen molar-refractivity contribution in [3.63, 3.8) is 0 Å². The molecule has 3 heterocycles. The molecule has 0 radical (unpaired) electrons. The van der Waals surface area contributed by atoms with Crippen LogP contribution >= 0.6 is 0 Å². The van der Waals surface area contributed by atoms with Gasteiger partial charge in [-0.25, -0.2) is 9.78 Å². The molecule has 1 aromatic carbocycles. The SMILES string of the molecule is Cn1c(=O)c2c(ncn2CC(=O)Nc2ccc(CC(=O)N3CCOCC3)cc2)n(C)c1=O. The number of carbonyl (C=O) groups is 2. The van der Waals surface area contributed by atoms with Gasteiger partial charge >= 0.3 is 5.69 Å². The Hall–Kier alpha value is -3.73. The summed E-state index contributed by atoms with van der Waals surface area (Å²) in [6.07, 6.45) is 1.66. The number of amides is 2. The van der Waals surface area contributed by atoms with Crippen molar-refractivity contribution in [2.75, 3.05) is 31.6 Å². The minimum atomic E-state index is -0.511. The number of aromatic nitrogens is 4. The van der Waals surface area contributed by atoms with E-state index in [0.717, 1.165) is 10.1 Å². The molecule has 1 N–H and O–H groups in total. The Labute approximate surface area is 182 Å². The van der Waals surface area contributed by atoms with Gasteiger partial charge in [-0.1, -0.05) is 12.1 Å². The van der Waals surface area contributed by atoms with Gasteiger partial charge in [-0.3, -0.25) is 23.5 Å². The lowest BCUT2D eigenvalue weighted by Gasteiger charge is -2.26. The average molecular weight is 440 g/mol. The fourth-order valence-electron chi connectivity index (χ4n) is 3.68. The Balaban J connectivity index is 1.42. The van der Waals surface area contributed by atoms with E-state index in [1.165, 1.54) is 29.6 Å². The van der Waals surface area contributed by atoms with Crippen LogP contribution < -0.4 is 16.6 Å². The Morgan fingerprint density at radius 1 is 1.06 bits per heavy atom. The predicted molar refractivity (Wildman–Crippen MR) is 116 cm³/mol. The number of ether oxygens (including phenoxy) is 1. The van der Waals surface area contributed by atoms with Crippen LogP contribution in [0.15, 0.2) is 40.2 Å². The third-order valence-corrected chi connectivity index (χ3v) is 5.49. The Morgan fingerprint density at radius 3 is 2.44 bits per heavy atom. The molecular weight excluding hydrogens is 416 g/mol. The van der Waals surface area contributed by atoms with E-state index in [4.69, 9.17) is 4.74 Å². The maximum atomic E-state index is 12.5. The summed E-state index contributed by atoms with van der Waals surface area (Å²) in [6.45, 7) is 2.19. The number of benzene rings is 1. The quantitative estimate of drug-likeness (QED) is 0.570. The largest absolute Gasteiger partial charge is 0.378 e. The fraction of sp³-hybridized carbons (Fsp3) is 0.381. The standard InChI is InChI=1S/C21H24N6O5/c1-24-19-18(20(30)25(2)21(24)31)27(13-22-19)12-16(28)23-15-5-3-14(4-6-15)11-17(29)26-7-9-32-10-8-26/h3-6,13H,7-12H2,1-2H3,(H,23,28). The molecule has 0 aliphatic carbocycles. The second kappa shape index (κ2) is 8.79. The first-order valence-electron chi connectivity index (χ1n) is 10.2. The van der Waals surface area contributed by atoms with Crippen LogP contribution in [0.4, 0.5) is 5.69 Å². The van der Waals surface area contributed by atoms with Crippen LogP contribution in [0.2, 0.25) is 0 Å². The number of imidazole rings is 1. The van der Waals surface area contributed by atoms with Gasteiger partial charge in [-0.15, -0.1) is 0 Å². The fourth-order valence-corrected chi connectivity index (χ4v) is 3.68. The van der Waals surface area contributed by atoms with Crippen LogP contribution in [0, 0.1) is 0 Å². The molecule has 1 saturated heterocycles. The van der Waals surface area contributed by atoms with Gasteiger partial charge in [0.25, 0.3) is 5.56 Å². The molecule has 168 valence electrons. The first-order valence-corrected chi connectivity index (χ1v) is 10.2. The third-order valence-electron chi connectivity index (χ3n) is 5.49. The van der Waals surface area contributed by atoms with Crippen molar-refractivity contribution in [3.05, 3.63) is 57.0 Å². The summed E-state index contributed by atoms with van der Waals surface area (Å²) in [5.41, 5.74) is 0.834. The highest BCUT2D eigenvalue weighted by Crippen LogP contribution is 2.12. The van der Waals surface area contributed by atoms with Gasteiger partial charge in [-0.2, -0.15) is 0 Å². The van der Waals surface area contributed by atoms with E-state index in [1.54, 1.807) is 29.2 Å². The highest BCUT2D eigenvalue weighted by atomic mass is 16.5. The lowest BCUT2D eigenvalue weighted by Crippen LogP contribution is -2.41. The lowest BCUT2D eigenvalue weighted by molar-refractivity contribution is -0.134. The lowest BCUT2D eigenvalue weighted by atomic mass is 10.1. The number of nitrogens with zero attached hydrogens (tertiary/aromatic N) is 5. The number of hydrogen-bond acceptors (Lipinski definition) is 6. The first kappa shape index (κ1) is 21.5. The number of rotatable bonds is 5. The van der Waals surface area contributed by atoms with Crippen LogP contribution in [0.1, 0.15) is 5.56 Å². The second-order valence-corrected chi connectivity index (χ2v) is 7.67. The summed E-state index contributed by atoms with van der Waals surface area (Å²) in [6, 6.07) is 7.06. The van der Waals surface area contributed by atoms with E-state index in [-0.39, 0.29) is 35.9 Å². The summed E-state index contributed by atoms with van der Waals surface area (Å²) < 4.78 is 8.93. The maximum absolute atomic E-state index is 12.5. The van der Waals surface area contributed by atoms with Crippen molar-refractivity contribution in [2.24, 2.45) is 14.1 Å². The molecule has 0 saturated carbocycles. The summed E-state index contributed by atoms with van der Waals surface area (Å²) >= 11 is 0. The molecule has 3 aromatic rings. The van der Waals surface area contributed by atoms with Gasteiger partial charge in [0.05, 0.1) is 26.0 Å². The molecule has 4 rings (SSSR count). The van der Waals surface area contributed by atoms with Crippen LogP contribution in [0.25, 0.3) is 11.2 Å². The molecule has 2 aromatic heterocycles. The van der Waals surface area contributed by atoms with Crippen LogP contribution in [0.3, 0.4) is 0 Å². The maximum Gasteiger partial charge on any atom is 0.332 e.